The van der Waals surface area contributed by atoms with Crippen LogP contribution in [0.25, 0.3) is 0 Å². The number of aromatic nitrogens is 4. The Labute approximate surface area is 170 Å². The minimum Gasteiger partial charge on any atom is -0.496 e. The fraction of sp³-hybridized carbons (Fsp3) is 0.333. The first-order chi connectivity index (χ1) is 14.3. The molecule has 3 aromatic rings. The molecule has 0 bridgehead atoms. The third-order valence-electron chi connectivity index (χ3n) is 5.07. The Balaban J connectivity index is 1.56. The normalized spacial score (nSPS) is 16.6. The Morgan fingerprint density at radius 2 is 1.83 bits per heavy atom. The van der Waals surface area contributed by atoms with E-state index in [1.165, 1.54) is 0 Å². The summed E-state index contributed by atoms with van der Waals surface area (Å²) in [4.78, 5) is 19.9. The van der Waals surface area contributed by atoms with Gasteiger partial charge in [0.1, 0.15) is 23.1 Å². The van der Waals surface area contributed by atoms with E-state index in [1.54, 1.807) is 39.0 Å². The standard InChI is InChI=1S/C21H24N6O2/c1-28-18-6-3-7-19(29-2)15(18)14-27-10-4-5-17(27)16-11-23-13-21(25-16)26-20-12-22-8-9-24-20/h3,6-9,11-13,17H,4-5,10,14H2,1-2H3,(H,24,25,26). The number of hydrogen-bond donors (Lipinski definition) is 1. The number of benzene rings is 1. The Morgan fingerprint density at radius 3 is 2.55 bits per heavy atom. The largest absolute Gasteiger partial charge is 0.496 e. The molecule has 2 aromatic heterocycles. The quantitative estimate of drug-likeness (QED) is 0.655. The van der Waals surface area contributed by atoms with Gasteiger partial charge in [0, 0.05) is 18.9 Å². The van der Waals surface area contributed by atoms with Gasteiger partial charge in [0.25, 0.3) is 0 Å². The summed E-state index contributed by atoms with van der Waals surface area (Å²) in [6.45, 7) is 1.71. The topological polar surface area (TPSA) is 85.3 Å². The maximum atomic E-state index is 5.57. The number of hydrogen-bond acceptors (Lipinski definition) is 8. The highest BCUT2D eigenvalue weighted by molar-refractivity contribution is 5.49. The molecule has 8 heteroatoms. The van der Waals surface area contributed by atoms with E-state index in [1.807, 2.05) is 24.4 Å². The number of rotatable bonds is 7. The van der Waals surface area contributed by atoms with Gasteiger partial charge in [0.05, 0.1) is 50.1 Å². The monoisotopic (exact) mass is 392 g/mol. The molecule has 1 aliphatic rings. The summed E-state index contributed by atoms with van der Waals surface area (Å²) in [6.07, 6.45) is 10.6. The molecule has 0 saturated carbocycles. The van der Waals surface area contributed by atoms with Crippen LogP contribution in [-0.4, -0.2) is 45.6 Å². The van der Waals surface area contributed by atoms with Crippen LogP contribution < -0.4 is 14.8 Å². The number of likely N-dealkylation sites (tertiary alicyclic amines) is 1. The van der Waals surface area contributed by atoms with Crippen molar-refractivity contribution in [2.75, 3.05) is 26.1 Å². The Morgan fingerprint density at radius 1 is 1.03 bits per heavy atom. The molecule has 1 saturated heterocycles. The molecular weight excluding hydrogens is 368 g/mol. The summed E-state index contributed by atoms with van der Waals surface area (Å²) in [5.74, 6) is 2.96. The molecule has 8 nitrogen and oxygen atoms in total. The van der Waals surface area contributed by atoms with Crippen molar-refractivity contribution in [2.24, 2.45) is 0 Å². The molecule has 0 radical (unpaired) electrons. The lowest BCUT2D eigenvalue weighted by molar-refractivity contribution is 0.236. The number of methoxy groups -OCH3 is 2. The maximum Gasteiger partial charge on any atom is 0.150 e. The van der Waals surface area contributed by atoms with Gasteiger partial charge in [-0.3, -0.25) is 14.9 Å². The van der Waals surface area contributed by atoms with Crippen LogP contribution in [-0.2, 0) is 6.54 Å². The van der Waals surface area contributed by atoms with Gasteiger partial charge < -0.3 is 14.8 Å². The van der Waals surface area contributed by atoms with Gasteiger partial charge in [-0.2, -0.15) is 0 Å². The molecule has 150 valence electrons. The van der Waals surface area contributed by atoms with Crippen LogP contribution in [0.1, 0.15) is 30.1 Å². The third-order valence-corrected chi connectivity index (χ3v) is 5.07. The average Bonchev–Trinajstić information content (AvgIpc) is 3.23. The first-order valence-corrected chi connectivity index (χ1v) is 9.57. The van der Waals surface area contributed by atoms with Crippen LogP contribution >= 0.6 is 0 Å². The molecule has 1 N–H and O–H groups in total. The van der Waals surface area contributed by atoms with Crippen molar-refractivity contribution in [2.45, 2.75) is 25.4 Å². The minimum absolute atomic E-state index is 0.181. The first-order valence-electron chi connectivity index (χ1n) is 9.57. The van der Waals surface area contributed by atoms with Crippen LogP contribution in [0.15, 0.2) is 49.2 Å². The fourth-order valence-electron chi connectivity index (χ4n) is 3.73. The molecule has 29 heavy (non-hydrogen) atoms. The molecule has 0 aliphatic carbocycles. The summed E-state index contributed by atoms with van der Waals surface area (Å²) in [5.41, 5.74) is 1.98. The summed E-state index contributed by atoms with van der Waals surface area (Å²) in [7, 11) is 3.37. The second-order valence-corrected chi connectivity index (χ2v) is 6.81. The highest BCUT2D eigenvalue weighted by Crippen LogP contribution is 2.36. The molecular formula is C21H24N6O2. The fourth-order valence-corrected chi connectivity index (χ4v) is 3.73. The van der Waals surface area contributed by atoms with Gasteiger partial charge in [-0.15, -0.1) is 0 Å². The van der Waals surface area contributed by atoms with Crippen molar-refractivity contribution in [3.63, 3.8) is 0 Å². The second kappa shape index (κ2) is 8.83. The van der Waals surface area contributed by atoms with Crippen molar-refractivity contribution in [1.82, 2.24) is 24.8 Å². The summed E-state index contributed by atoms with van der Waals surface area (Å²) in [5, 5.41) is 3.16. The lowest BCUT2D eigenvalue weighted by Gasteiger charge is -2.25. The van der Waals surface area contributed by atoms with Gasteiger partial charge in [0.2, 0.25) is 0 Å². The van der Waals surface area contributed by atoms with E-state index in [0.29, 0.717) is 11.6 Å². The van der Waals surface area contributed by atoms with E-state index in [-0.39, 0.29) is 6.04 Å². The van der Waals surface area contributed by atoms with E-state index >= 15 is 0 Å². The van der Waals surface area contributed by atoms with Crippen molar-refractivity contribution in [1.29, 1.82) is 0 Å². The van der Waals surface area contributed by atoms with Crippen LogP contribution in [0, 0.1) is 0 Å². The van der Waals surface area contributed by atoms with Crippen molar-refractivity contribution >= 4 is 11.6 Å². The molecule has 1 aromatic carbocycles. The molecule has 0 spiro atoms. The van der Waals surface area contributed by atoms with Crippen molar-refractivity contribution in [3.05, 3.63) is 60.4 Å². The summed E-state index contributed by atoms with van der Waals surface area (Å²) >= 11 is 0. The van der Waals surface area contributed by atoms with Crippen LogP contribution in [0.2, 0.25) is 0 Å². The van der Waals surface area contributed by atoms with Gasteiger partial charge in [0.15, 0.2) is 0 Å². The van der Waals surface area contributed by atoms with Crippen molar-refractivity contribution < 1.29 is 9.47 Å². The van der Waals surface area contributed by atoms with Crippen LogP contribution in [0.4, 0.5) is 11.6 Å². The molecule has 0 amide bonds. The minimum atomic E-state index is 0.181. The Bertz CT molecular complexity index is 931. The Kier molecular flexibility index (Phi) is 5.81. The first kappa shape index (κ1) is 19.1. The molecule has 1 aliphatic heterocycles. The number of nitrogens with one attached hydrogen (secondary N) is 1. The van der Waals surface area contributed by atoms with E-state index in [4.69, 9.17) is 14.5 Å². The second-order valence-electron chi connectivity index (χ2n) is 6.81. The zero-order valence-corrected chi connectivity index (χ0v) is 16.6. The third kappa shape index (κ3) is 4.27. The molecule has 1 unspecified atom stereocenters. The average molecular weight is 392 g/mol. The van der Waals surface area contributed by atoms with E-state index < -0.39 is 0 Å². The Hall–Kier alpha value is -3.26. The van der Waals surface area contributed by atoms with Gasteiger partial charge in [-0.05, 0) is 31.5 Å². The highest BCUT2D eigenvalue weighted by Gasteiger charge is 2.29. The zero-order chi connectivity index (χ0) is 20.1. The predicted octanol–water partition coefficient (Wildman–Crippen LogP) is 3.36. The lowest BCUT2D eigenvalue weighted by Crippen LogP contribution is -2.24. The highest BCUT2D eigenvalue weighted by atomic mass is 16.5. The SMILES string of the molecule is COc1cccc(OC)c1CN1CCCC1c1cncc(Nc2cnccn2)n1. The van der Waals surface area contributed by atoms with Crippen LogP contribution in [0.5, 0.6) is 11.5 Å². The van der Waals surface area contributed by atoms with E-state index in [0.717, 1.165) is 48.7 Å². The number of nitrogens with zero attached hydrogens (tertiary/aromatic N) is 5. The molecule has 4 rings (SSSR count). The summed E-state index contributed by atoms with van der Waals surface area (Å²) in [6, 6.07) is 6.05. The van der Waals surface area contributed by atoms with E-state index in [9.17, 15) is 0 Å². The number of ether oxygens (including phenoxy) is 2. The summed E-state index contributed by atoms with van der Waals surface area (Å²) < 4.78 is 11.1. The van der Waals surface area contributed by atoms with Gasteiger partial charge >= 0.3 is 0 Å². The number of anilines is 2. The lowest BCUT2D eigenvalue weighted by atomic mass is 10.1. The van der Waals surface area contributed by atoms with Gasteiger partial charge in [-0.1, -0.05) is 6.07 Å². The molecule has 3 heterocycles. The zero-order valence-electron chi connectivity index (χ0n) is 16.6. The van der Waals surface area contributed by atoms with E-state index in [2.05, 4.69) is 25.2 Å². The maximum absolute atomic E-state index is 5.57. The predicted molar refractivity (Wildman–Crippen MR) is 109 cm³/mol. The molecule has 1 atom stereocenters. The smallest absolute Gasteiger partial charge is 0.150 e. The van der Waals surface area contributed by atoms with Crippen LogP contribution in [0.3, 0.4) is 0 Å². The van der Waals surface area contributed by atoms with Gasteiger partial charge in [-0.25, -0.2) is 9.97 Å². The van der Waals surface area contributed by atoms with Crippen molar-refractivity contribution in [3.8, 4) is 11.5 Å². The molecule has 1 fully saturated rings.